The molecule has 10 nitrogen and oxygen atoms in total. The number of anilines is 3. The summed E-state index contributed by atoms with van der Waals surface area (Å²) >= 11 is 0. The predicted octanol–water partition coefficient (Wildman–Crippen LogP) is 3.48. The smallest absolute Gasteiger partial charge is 0.316 e. The van der Waals surface area contributed by atoms with E-state index in [1.807, 2.05) is 0 Å². The van der Waals surface area contributed by atoms with Gasteiger partial charge in [-0.25, -0.2) is 19.9 Å². The minimum Gasteiger partial charge on any atom is -0.461 e. The largest absolute Gasteiger partial charge is 0.461 e. The normalized spacial score (nSPS) is 11.2. The Kier molecular flexibility index (Phi) is 7.38. The molecule has 3 aromatic rings. The van der Waals surface area contributed by atoms with Crippen molar-refractivity contribution < 1.29 is 23.0 Å². The summed E-state index contributed by atoms with van der Waals surface area (Å²) in [5.74, 6) is -3.75. The minimum absolute atomic E-state index is 0.132. The van der Waals surface area contributed by atoms with Crippen LogP contribution >= 0.6 is 0 Å². The van der Waals surface area contributed by atoms with Gasteiger partial charge in [-0.1, -0.05) is 0 Å². The minimum atomic E-state index is -3.22. The first kappa shape index (κ1) is 23.9. The van der Waals surface area contributed by atoms with E-state index in [2.05, 4.69) is 35.6 Å². The van der Waals surface area contributed by atoms with Crippen LogP contribution in [0.15, 0.2) is 30.6 Å². The molecule has 33 heavy (non-hydrogen) atoms. The molecule has 3 rings (SSSR count). The Morgan fingerprint density at radius 3 is 2.61 bits per heavy atom. The van der Waals surface area contributed by atoms with Crippen LogP contribution in [-0.4, -0.2) is 51.2 Å². The van der Waals surface area contributed by atoms with Gasteiger partial charge in [-0.2, -0.15) is 13.8 Å². The van der Waals surface area contributed by atoms with E-state index < -0.39 is 11.7 Å². The molecule has 0 aromatic carbocycles. The van der Waals surface area contributed by atoms with Gasteiger partial charge in [0.15, 0.2) is 0 Å². The van der Waals surface area contributed by atoms with Gasteiger partial charge < -0.3 is 20.1 Å². The van der Waals surface area contributed by atoms with Crippen molar-refractivity contribution in [3.63, 3.8) is 0 Å². The number of amides is 1. The molecule has 0 atom stereocenters. The fourth-order valence-corrected chi connectivity index (χ4v) is 2.76. The summed E-state index contributed by atoms with van der Waals surface area (Å²) in [6.45, 7) is 4.29. The number of hydrogen-bond acceptors (Lipinski definition) is 9. The molecule has 2 N–H and O–H groups in total. The van der Waals surface area contributed by atoms with Crippen molar-refractivity contribution in [2.45, 2.75) is 26.7 Å². The predicted molar refractivity (Wildman–Crippen MR) is 117 cm³/mol. The molecule has 0 unspecified atom stereocenters. The quantitative estimate of drug-likeness (QED) is 0.463. The van der Waals surface area contributed by atoms with Gasteiger partial charge in [0.1, 0.15) is 18.2 Å². The van der Waals surface area contributed by atoms with Gasteiger partial charge >= 0.3 is 11.9 Å². The molecule has 0 bridgehead atoms. The van der Waals surface area contributed by atoms with Gasteiger partial charge in [-0.05, 0) is 13.0 Å². The molecular formula is C21H23F2N7O3. The molecule has 0 aliphatic rings. The molecule has 3 heterocycles. The topological polar surface area (TPSA) is 124 Å². The highest BCUT2D eigenvalue weighted by Crippen LogP contribution is 2.32. The summed E-state index contributed by atoms with van der Waals surface area (Å²) in [7, 11) is 1.55. The average Bonchev–Trinajstić information content (AvgIpc) is 2.73. The lowest BCUT2D eigenvalue weighted by Gasteiger charge is -2.15. The SMILES string of the molecule is COCCOc1nccc(-c2cnc(NC(C)=O)cc2Nc2cc(C)nc(C(C)(F)F)n2)n1. The van der Waals surface area contributed by atoms with Crippen molar-refractivity contribution in [3.8, 4) is 17.3 Å². The van der Waals surface area contributed by atoms with Gasteiger partial charge in [0, 0.05) is 56.7 Å². The van der Waals surface area contributed by atoms with E-state index in [4.69, 9.17) is 9.47 Å². The number of ether oxygens (including phenoxy) is 2. The molecule has 0 aliphatic carbocycles. The van der Waals surface area contributed by atoms with Crippen LogP contribution in [0.4, 0.5) is 26.1 Å². The third kappa shape index (κ3) is 6.59. The standard InChI is InChI=1S/C21H23F2N7O3/c1-12-9-18(30-19(26-12)21(3,22)23)28-16-10-17(27-13(2)31)25-11-14(16)15-5-6-24-20(29-15)33-8-7-32-4/h5-6,9-11H,7-8H2,1-4H3,(H2,25,26,27,28,30,31). The number of halogens is 2. The summed E-state index contributed by atoms with van der Waals surface area (Å²) in [5, 5.41) is 5.60. The molecule has 0 radical (unpaired) electrons. The zero-order valence-electron chi connectivity index (χ0n) is 18.5. The number of nitrogens with one attached hydrogen (secondary N) is 2. The maximum Gasteiger partial charge on any atom is 0.316 e. The van der Waals surface area contributed by atoms with Gasteiger partial charge in [0.25, 0.3) is 0 Å². The van der Waals surface area contributed by atoms with E-state index in [1.54, 1.807) is 26.2 Å². The summed E-state index contributed by atoms with van der Waals surface area (Å²) in [4.78, 5) is 31.9. The lowest BCUT2D eigenvalue weighted by Crippen LogP contribution is -2.14. The molecule has 3 aromatic heterocycles. The monoisotopic (exact) mass is 459 g/mol. The number of alkyl halides is 2. The van der Waals surface area contributed by atoms with E-state index in [9.17, 15) is 13.6 Å². The van der Waals surface area contributed by atoms with Crippen LogP contribution in [0.1, 0.15) is 25.4 Å². The highest BCUT2D eigenvalue weighted by molar-refractivity contribution is 5.89. The summed E-state index contributed by atoms with van der Waals surface area (Å²) < 4.78 is 38.1. The van der Waals surface area contributed by atoms with E-state index in [0.717, 1.165) is 6.92 Å². The summed E-state index contributed by atoms with van der Waals surface area (Å²) in [6.07, 6.45) is 3.00. The highest BCUT2D eigenvalue weighted by Gasteiger charge is 2.29. The third-order valence-electron chi connectivity index (χ3n) is 4.15. The number of rotatable bonds is 9. The van der Waals surface area contributed by atoms with Crippen LogP contribution in [0.25, 0.3) is 11.3 Å². The van der Waals surface area contributed by atoms with E-state index in [0.29, 0.717) is 29.2 Å². The van der Waals surface area contributed by atoms with Crippen LogP contribution in [0, 0.1) is 6.92 Å². The Bertz CT molecular complexity index is 1140. The molecule has 0 aliphatic heterocycles. The first-order valence-corrected chi connectivity index (χ1v) is 9.89. The van der Waals surface area contributed by atoms with Crippen molar-refractivity contribution >= 4 is 23.2 Å². The van der Waals surface area contributed by atoms with Crippen LogP contribution in [-0.2, 0) is 15.5 Å². The van der Waals surface area contributed by atoms with E-state index in [-0.39, 0.29) is 30.2 Å². The molecule has 12 heteroatoms. The molecular weight excluding hydrogens is 436 g/mol. The van der Waals surface area contributed by atoms with Gasteiger partial charge in [-0.3, -0.25) is 4.79 Å². The Morgan fingerprint density at radius 2 is 1.91 bits per heavy atom. The second kappa shape index (κ2) is 10.2. The molecule has 0 saturated carbocycles. The van der Waals surface area contributed by atoms with Gasteiger partial charge in [-0.15, -0.1) is 0 Å². The summed E-state index contributed by atoms with van der Waals surface area (Å²) in [5.41, 5.74) is 1.73. The van der Waals surface area contributed by atoms with Crippen molar-refractivity contribution in [2.75, 3.05) is 31.0 Å². The second-order valence-electron chi connectivity index (χ2n) is 7.09. The highest BCUT2D eigenvalue weighted by atomic mass is 19.3. The van der Waals surface area contributed by atoms with Crippen molar-refractivity contribution in [3.05, 3.63) is 42.1 Å². The second-order valence-corrected chi connectivity index (χ2v) is 7.09. The van der Waals surface area contributed by atoms with E-state index in [1.165, 1.54) is 25.4 Å². The third-order valence-corrected chi connectivity index (χ3v) is 4.15. The zero-order valence-corrected chi connectivity index (χ0v) is 18.5. The number of carbonyl (C=O) groups is 1. The van der Waals surface area contributed by atoms with E-state index >= 15 is 0 Å². The van der Waals surface area contributed by atoms with Crippen LogP contribution in [0.3, 0.4) is 0 Å². The first-order valence-electron chi connectivity index (χ1n) is 9.89. The zero-order chi connectivity index (χ0) is 24.0. The Morgan fingerprint density at radius 1 is 1.12 bits per heavy atom. The van der Waals surface area contributed by atoms with Crippen LogP contribution in [0.2, 0.25) is 0 Å². The lowest BCUT2D eigenvalue weighted by atomic mass is 10.1. The maximum atomic E-state index is 13.8. The molecule has 1 amide bonds. The average molecular weight is 459 g/mol. The number of nitrogens with zero attached hydrogens (tertiary/aromatic N) is 5. The summed E-state index contributed by atoms with van der Waals surface area (Å²) in [6, 6.07) is 4.84. The number of carbonyl (C=O) groups excluding carboxylic acids is 1. The Balaban J connectivity index is 2.02. The van der Waals surface area contributed by atoms with Crippen LogP contribution in [0.5, 0.6) is 6.01 Å². The number of pyridine rings is 1. The van der Waals surface area contributed by atoms with Gasteiger partial charge in [0.05, 0.1) is 18.0 Å². The van der Waals surface area contributed by atoms with Crippen molar-refractivity contribution in [1.29, 1.82) is 0 Å². The Labute approximate surface area is 188 Å². The maximum absolute atomic E-state index is 13.8. The first-order chi connectivity index (χ1) is 15.7. The van der Waals surface area contributed by atoms with Gasteiger partial charge in [0.2, 0.25) is 11.7 Å². The lowest BCUT2D eigenvalue weighted by molar-refractivity contribution is -0.114. The number of hydrogen-bond donors (Lipinski definition) is 2. The number of aryl methyl sites for hydroxylation is 1. The number of methoxy groups -OCH3 is 1. The fourth-order valence-electron chi connectivity index (χ4n) is 2.76. The van der Waals surface area contributed by atoms with Crippen molar-refractivity contribution in [1.82, 2.24) is 24.9 Å². The van der Waals surface area contributed by atoms with Crippen molar-refractivity contribution in [2.24, 2.45) is 0 Å². The number of aromatic nitrogens is 5. The molecule has 0 fully saturated rings. The molecule has 0 spiro atoms. The molecule has 0 saturated heterocycles. The molecule has 174 valence electrons. The Hall–Kier alpha value is -3.80. The fraction of sp³-hybridized carbons (Fsp3) is 0.333. The van der Waals surface area contributed by atoms with Crippen LogP contribution < -0.4 is 15.4 Å².